The Hall–Kier alpha value is -1.02. The van der Waals surface area contributed by atoms with Crippen LogP contribution in [0.3, 0.4) is 0 Å². The van der Waals surface area contributed by atoms with Gasteiger partial charge in [0.2, 0.25) is 0 Å². The summed E-state index contributed by atoms with van der Waals surface area (Å²) in [6.45, 7) is 12.7. The van der Waals surface area contributed by atoms with Gasteiger partial charge in [-0.25, -0.2) is 0 Å². The van der Waals surface area contributed by atoms with Crippen molar-refractivity contribution in [1.82, 2.24) is 4.90 Å². The molecule has 2 N–H and O–H groups in total. The fourth-order valence-electron chi connectivity index (χ4n) is 2.94. The summed E-state index contributed by atoms with van der Waals surface area (Å²) < 4.78 is 0. The number of anilines is 1. The summed E-state index contributed by atoms with van der Waals surface area (Å²) in [5.41, 5.74) is 9.92. The Morgan fingerprint density at radius 3 is 2.72 bits per heavy atom. The van der Waals surface area contributed by atoms with E-state index in [0.29, 0.717) is 0 Å². The van der Waals surface area contributed by atoms with Crippen molar-refractivity contribution >= 4 is 5.69 Å². The van der Waals surface area contributed by atoms with Crippen LogP contribution in [0.2, 0.25) is 0 Å². The number of fused-ring (bicyclic) bond motifs is 1. The number of nitrogen functional groups attached to an aromatic ring is 1. The van der Waals surface area contributed by atoms with Crippen LogP contribution in [0.25, 0.3) is 0 Å². The zero-order valence-electron chi connectivity index (χ0n) is 12.2. The molecule has 0 amide bonds. The van der Waals surface area contributed by atoms with E-state index in [1.54, 1.807) is 0 Å². The van der Waals surface area contributed by atoms with Crippen LogP contribution in [-0.2, 0) is 12.0 Å². The van der Waals surface area contributed by atoms with E-state index in [1.807, 2.05) is 6.07 Å². The van der Waals surface area contributed by atoms with Crippen LogP contribution in [0.15, 0.2) is 18.2 Å². The first-order chi connectivity index (χ1) is 8.38. The molecule has 0 saturated carbocycles. The number of hydrogen-bond donors (Lipinski definition) is 1. The van der Waals surface area contributed by atoms with Crippen LogP contribution in [-0.4, -0.2) is 18.0 Å². The molecule has 18 heavy (non-hydrogen) atoms. The normalized spacial score (nSPS) is 18.9. The van der Waals surface area contributed by atoms with Crippen LogP contribution in [0.5, 0.6) is 0 Å². The molecule has 1 aromatic rings. The number of nitrogens with two attached hydrogens (primary N) is 1. The van der Waals surface area contributed by atoms with E-state index < -0.39 is 0 Å². The van der Waals surface area contributed by atoms with Gasteiger partial charge in [-0.15, -0.1) is 0 Å². The van der Waals surface area contributed by atoms with Crippen molar-refractivity contribution in [3.05, 3.63) is 29.3 Å². The van der Waals surface area contributed by atoms with E-state index in [1.165, 1.54) is 24.1 Å². The highest BCUT2D eigenvalue weighted by molar-refractivity contribution is 5.48. The van der Waals surface area contributed by atoms with E-state index in [0.717, 1.165) is 24.7 Å². The van der Waals surface area contributed by atoms with Crippen LogP contribution >= 0.6 is 0 Å². The third-order valence-electron chi connectivity index (χ3n) is 3.89. The van der Waals surface area contributed by atoms with Crippen molar-refractivity contribution in [3.63, 3.8) is 0 Å². The van der Waals surface area contributed by atoms with Crippen LogP contribution < -0.4 is 5.73 Å². The second-order valence-electron chi connectivity index (χ2n) is 6.69. The number of hydrogen-bond acceptors (Lipinski definition) is 2. The average molecular weight is 246 g/mol. The Bertz CT molecular complexity index is 421. The summed E-state index contributed by atoms with van der Waals surface area (Å²) in [6, 6.07) is 6.40. The first-order valence-corrected chi connectivity index (χ1v) is 7.00. The molecule has 1 heterocycles. The predicted octanol–water partition coefficient (Wildman–Crippen LogP) is 3.41. The number of nitrogens with zero attached hydrogens (tertiary/aromatic N) is 1. The lowest BCUT2D eigenvalue weighted by Crippen LogP contribution is -2.42. The highest BCUT2D eigenvalue weighted by Crippen LogP contribution is 2.34. The smallest absolute Gasteiger partial charge is 0.0317 e. The Balaban J connectivity index is 2.19. The van der Waals surface area contributed by atoms with E-state index in [4.69, 9.17) is 5.73 Å². The molecule has 2 heteroatoms. The van der Waals surface area contributed by atoms with Crippen molar-refractivity contribution in [2.45, 2.75) is 46.1 Å². The molecule has 2 rings (SSSR count). The van der Waals surface area contributed by atoms with Gasteiger partial charge in [-0.3, -0.25) is 4.90 Å². The second-order valence-corrected chi connectivity index (χ2v) is 6.69. The third kappa shape index (κ3) is 2.86. The van der Waals surface area contributed by atoms with Gasteiger partial charge < -0.3 is 5.73 Å². The molecule has 100 valence electrons. The van der Waals surface area contributed by atoms with Gasteiger partial charge in [0.25, 0.3) is 0 Å². The molecular formula is C16H26N2. The highest BCUT2D eigenvalue weighted by Gasteiger charge is 2.31. The fourth-order valence-corrected chi connectivity index (χ4v) is 2.94. The first-order valence-electron chi connectivity index (χ1n) is 7.00. The fraction of sp³-hybridized carbons (Fsp3) is 0.625. The van der Waals surface area contributed by atoms with Crippen LogP contribution in [0.1, 0.15) is 45.2 Å². The van der Waals surface area contributed by atoms with E-state index in [-0.39, 0.29) is 5.41 Å². The van der Waals surface area contributed by atoms with Crippen molar-refractivity contribution in [3.8, 4) is 0 Å². The topological polar surface area (TPSA) is 29.3 Å². The molecule has 0 aliphatic carbocycles. The largest absolute Gasteiger partial charge is 0.399 e. The summed E-state index contributed by atoms with van der Waals surface area (Å²) >= 11 is 0. The average Bonchev–Trinajstić information content (AvgIpc) is 2.24. The summed E-state index contributed by atoms with van der Waals surface area (Å²) in [6.07, 6.45) is 1.27. The van der Waals surface area contributed by atoms with Gasteiger partial charge in [0.05, 0.1) is 0 Å². The zero-order valence-corrected chi connectivity index (χ0v) is 12.2. The maximum atomic E-state index is 5.92. The molecule has 0 radical (unpaired) electrons. The summed E-state index contributed by atoms with van der Waals surface area (Å²) in [4.78, 5) is 2.57. The molecule has 1 aromatic carbocycles. The predicted molar refractivity (Wildman–Crippen MR) is 78.6 cm³/mol. The van der Waals surface area contributed by atoms with Gasteiger partial charge in [0.15, 0.2) is 0 Å². The zero-order chi connectivity index (χ0) is 13.3. The number of benzene rings is 1. The second kappa shape index (κ2) is 4.93. The molecule has 0 saturated heterocycles. The van der Waals surface area contributed by atoms with E-state index >= 15 is 0 Å². The highest BCUT2D eigenvalue weighted by atomic mass is 15.1. The van der Waals surface area contributed by atoms with Crippen LogP contribution in [0.4, 0.5) is 5.69 Å². The van der Waals surface area contributed by atoms with E-state index in [2.05, 4.69) is 44.7 Å². The quantitative estimate of drug-likeness (QED) is 0.828. The maximum absolute atomic E-state index is 5.92. The molecule has 0 spiro atoms. The minimum absolute atomic E-state index is 0.234. The Kier molecular flexibility index (Phi) is 3.67. The lowest BCUT2D eigenvalue weighted by Gasteiger charge is -2.40. The maximum Gasteiger partial charge on any atom is 0.0317 e. The lowest BCUT2D eigenvalue weighted by molar-refractivity contribution is 0.185. The Labute approximate surface area is 111 Å². The van der Waals surface area contributed by atoms with Gasteiger partial charge in [-0.2, -0.15) is 0 Å². The van der Waals surface area contributed by atoms with Crippen LogP contribution in [0, 0.1) is 5.92 Å². The molecular weight excluding hydrogens is 220 g/mol. The Morgan fingerprint density at radius 2 is 2.06 bits per heavy atom. The number of rotatable bonds is 3. The molecule has 0 aromatic heterocycles. The summed E-state index contributed by atoms with van der Waals surface area (Å²) in [7, 11) is 0. The van der Waals surface area contributed by atoms with Crippen molar-refractivity contribution < 1.29 is 0 Å². The Morgan fingerprint density at radius 1 is 1.33 bits per heavy atom. The standard InChI is InChI=1S/C16H26N2/c1-12(2)7-8-18-10-13-9-14(17)5-6-15(13)16(3,4)11-18/h5-6,9,12H,7-8,10-11,17H2,1-4H3. The van der Waals surface area contributed by atoms with Crippen molar-refractivity contribution in [2.75, 3.05) is 18.8 Å². The minimum Gasteiger partial charge on any atom is -0.399 e. The van der Waals surface area contributed by atoms with E-state index in [9.17, 15) is 0 Å². The molecule has 2 nitrogen and oxygen atoms in total. The van der Waals surface area contributed by atoms with Gasteiger partial charge in [-0.1, -0.05) is 33.8 Å². The SMILES string of the molecule is CC(C)CCN1Cc2cc(N)ccc2C(C)(C)C1. The molecule has 0 bridgehead atoms. The molecule has 0 atom stereocenters. The van der Waals surface area contributed by atoms with Gasteiger partial charge in [0, 0.05) is 24.2 Å². The minimum atomic E-state index is 0.234. The lowest BCUT2D eigenvalue weighted by atomic mass is 9.78. The van der Waals surface area contributed by atoms with Gasteiger partial charge in [-0.05, 0) is 42.1 Å². The first kappa shape index (κ1) is 13.4. The third-order valence-corrected chi connectivity index (χ3v) is 3.89. The molecule has 0 fully saturated rings. The van der Waals surface area contributed by atoms with Gasteiger partial charge in [0.1, 0.15) is 0 Å². The molecule has 0 unspecified atom stereocenters. The van der Waals surface area contributed by atoms with Gasteiger partial charge >= 0.3 is 0 Å². The summed E-state index contributed by atoms with van der Waals surface area (Å²) in [5.74, 6) is 0.773. The summed E-state index contributed by atoms with van der Waals surface area (Å²) in [5, 5.41) is 0. The molecule has 1 aliphatic rings. The monoisotopic (exact) mass is 246 g/mol. The van der Waals surface area contributed by atoms with Crippen molar-refractivity contribution in [2.24, 2.45) is 5.92 Å². The van der Waals surface area contributed by atoms with Crippen molar-refractivity contribution in [1.29, 1.82) is 0 Å². The molecule has 1 aliphatic heterocycles.